The zero-order valence-corrected chi connectivity index (χ0v) is 17.0. The summed E-state index contributed by atoms with van der Waals surface area (Å²) in [5.74, 6) is 2.69. The molecule has 1 unspecified atom stereocenters. The van der Waals surface area contributed by atoms with Crippen molar-refractivity contribution in [2.45, 2.75) is 31.7 Å². The number of hydrogen-bond acceptors (Lipinski definition) is 4. The van der Waals surface area contributed by atoms with Crippen molar-refractivity contribution in [3.8, 4) is 5.75 Å². The van der Waals surface area contributed by atoms with Crippen molar-refractivity contribution in [3.63, 3.8) is 0 Å². The number of likely N-dealkylation sites (tertiary alicyclic amines) is 1. The van der Waals surface area contributed by atoms with E-state index < -0.39 is 0 Å². The molecule has 2 N–H and O–H groups in total. The van der Waals surface area contributed by atoms with Crippen molar-refractivity contribution in [1.29, 1.82) is 0 Å². The fourth-order valence-electron chi connectivity index (χ4n) is 3.69. The summed E-state index contributed by atoms with van der Waals surface area (Å²) in [7, 11) is 3.52. The van der Waals surface area contributed by atoms with Crippen molar-refractivity contribution in [3.05, 3.63) is 54.0 Å². The van der Waals surface area contributed by atoms with Gasteiger partial charge in [0.15, 0.2) is 5.96 Å². The average Bonchev–Trinajstić information content (AvgIpc) is 3.27. The monoisotopic (exact) mass is 384 g/mol. The van der Waals surface area contributed by atoms with E-state index in [-0.39, 0.29) is 0 Å². The molecule has 1 saturated heterocycles. The van der Waals surface area contributed by atoms with Crippen LogP contribution in [-0.2, 0) is 6.42 Å². The van der Waals surface area contributed by atoms with Crippen LogP contribution in [0.2, 0.25) is 0 Å². The molecule has 0 saturated carbocycles. The summed E-state index contributed by atoms with van der Waals surface area (Å²) in [4.78, 5) is 6.95. The van der Waals surface area contributed by atoms with E-state index in [1.807, 2.05) is 31.3 Å². The van der Waals surface area contributed by atoms with E-state index in [0.29, 0.717) is 6.04 Å². The molecule has 0 amide bonds. The summed E-state index contributed by atoms with van der Waals surface area (Å²) in [6.45, 7) is 3.88. The molecular weight excluding hydrogens is 352 g/mol. The number of hydrogen-bond donors (Lipinski definition) is 2. The van der Waals surface area contributed by atoms with Gasteiger partial charge in [-0.05, 0) is 55.8 Å². The van der Waals surface area contributed by atoms with Gasteiger partial charge in [0.25, 0.3) is 0 Å². The zero-order valence-electron chi connectivity index (χ0n) is 17.0. The van der Waals surface area contributed by atoms with Crippen LogP contribution < -0.4 is 15.4 Å². The topological polar surface area (TPSA) is 62.0 Å². The average molecular weight is 385 g/mol. The van der Waals surface area contributed by atoms with E-state index in [2.05, 4.69) is 32.7 Å². The number of methoxy groups -OCH3 is 1. The third-order valence-corrected chi connectivity index (χ3v) is 5.26. The van der Waals surface area contributed by atoms with Gasteiger partial charge < -0.3 is 19.8 Å². The Balaban J connectivity index is 1.59. The minimum absolute atomic E-state index is 0.315. The van der Waals surface area contributed by atoms with Gasteiger partial charge in [0, 0.05) is 26.6 Å². The van der Waals surface area contributed by atoms with E-state index in [1.54, 1.807) is 13.4 Å². The highest BCUT2D eigenvalue weighted by Gasteiger charge is 2.22. The predicted molar refractivity (Wildman–Crippen MR) is 113 cm³/mol. The third-order valence-electron chi connectivity index (χ3n) is 5.26. The lowest BCUT2D eigenvalue weighted by atomic mass is 10.0. The minimum Gasteiger partial charge on any atom is -0.497 e. The van der Waals surface area contributed by atoms with Crippen LogP contribution in [0.3, 0.4) is 0 Å². The molecule has 28 heavy (non-hydrogen) atoms. The number of nitrogens with zero attached hydrogens (tertiary/aromatic N) is 2. The molecule has 6 heteroatoms. The quantitative estimate of drug-likeness (QED) is 0.540. The van der Waals surface area contributed by atoms with E-state index in [9.17, 15) is 0 Å². The molecule has 6 nitrogen and oxygen atoms in total. The lowest BCUT2D eigenvalue weighted by molar-refractivity contribution is 0.164. The Morgan fingerprint density at radius 1 is 1.14 bits per heavy atom. The second-order valence-electron chi connectivity index (χ2n) is 7.09. The fourth-order valence-corrected chi connectivity index (χ4v) is 3.69. The second kappa shape index (κ2) is 10.8. The number of ether oxygens (including phenoxy) is 1. The Morgan fingerprint density at radius 3 is 2.57 bits per heavy atom. The SMILES string of the molecule is CN=C(NCCc1ccco1)NCC(c1ccc(OC)cc1)N1CCCCC1. The Kier molecular flexibility index (Phi) is 7.79. The first-order chi connectivity index (χ1) is 13.8. The van der Waals surface area contributed by atoms with Gasteiger partial charge in [-0.2, -0.15) is 0 Å². The highest BCUT2D eigenvalue weighted by molar-refractivity contribution is 5.79. The summed E-state index contributed by atoms with van der Waals surface area (Å²) in [6, 6.07) is 12.7. The maximum absolute atomic E-state index is 5.39. The Bertz CT molecular complexity index is 707. The van der Waals surface area contributed by atoms with E-state index in [1.165, 1.54) is 24.8 Å². The predicted octanol–water partition coefficient (Wildman–Crippen LogP) is 3.22. The molecule has 1 aliphatic rings. The zero-order chi connectivity index (χ0) is 19.6. The Morgan fingerprint density at radius 2 is 1.93 bits per heavy atom. The standard InChI is InChI=1S/C22H32N4O2/c1-23-22(24-13-12-20-7-6-16-28-20)25-17-21(26-14-4-3-5-15-26)18-8-10-19(27-2)11-9-18/h6-11,16,21H,3-5,12-15,17H2,1-2H3,(H2,23,24,25). The van der Waals surface area contributed by atoms with Crippen molar-refractivity contribution >= 4 is 5.96 Å². The lowest BCUT2D eigenvalue weighted by Crippen LogP contribution is -2.44. The molecule has 1 aromatic carbocycles. The molecule has 2 aromatic rings. The lowest BCUT2D eigenvalue weighted by Gasteiger charge is -2.35. The molecule has 3 rings (SSSR count). The molecular formula is C22H32N4O2. The van der Waals surface area contributed by atoms with E-state index >= 15 is 0 Å². The maximum Gasteiger partial charge on any atom is 0.191 e. The van der Waals surface area contributed by atoms with Crippen LogP contribution in [0.25, 0.3) is 0 Å². The number of piperidine rings is 1. The molecule has 0 spiro atoms. The highest BCUT2D eigenvalue weighted by Crippen LogP contribution is 2.25. The van der Waals surface area contributed by atoms with Crippen molar-refractivity contribution in [1.82, 2.24) is 15.5 Å². The van der Waals surface area contributed by atoms with Crippen LogP contribution in [0.15, 0.2) is 52.1 Å². The van der Waals surface area contributed by atoms with Gasteiger partial charge in [0.2, 0.25) is 0 Å². The van der Waals surface area contributed by atoms with Crippen LogP contribution >= 0.6 is 0 Å². The van der Waals surface area contributed by atoms with Gasteiger partial charge in [-0.25, -0.2) is 0 Å². The molecule has 1 aromatic heterocycles. The normalized spacial score (nSPS) is 16.6. The first-order valence-corrected chi connectivity index (χ1v) is 10.1. The van der Waals surface area contributed by atoms with Crippen molar-refractivity contribution in [2.75, 3.05) is 40.3 Å². The Hall–Kier alpha value is -2.47. The van der Waals surface area contributed by atoms with Gasteiger partial charge in [0.1, 0.15) is 11.5 Å². The van der Waals surface area contributed by atoms with Gasteiger partial charge in [-0.15, -0.1) is 0 Å². The van der Waals surface area contributed by atoms with E-state index in [0.717, 1.165) is 50.1 Å². The smallest absolute Gasteiger partial charge is 0.191 e. The second-order valence-corrected chi connectivity index (χ2v) is 7.09. The van der Waals surface area contributed by atoms with Crippen molar-refractivity contribution < 1.29 is 9.15 Å². The number of nitrogens with one attached hydrogen (secondary N) is 2. The Labute approximate surface area is 168 Å². The third kappa shape index (κ3) is 5.76. The van der Waals surface area contributed by atoms with Crippen LogP contribution in [0.4, 0.5) is 0 Å². The van der Waals surface area contributed by atoms with Gasteiger partial charge in [0.05, 0.1) is 19.4 Å². The summed E-state index contributed by atoms with van der Waals surface area (Å²) in [5.41, 5.74) is 1.31. The van der Waals surface area contributed by atoms with Crippen molar-refractivity contribution in [2.24, 2.45) is 4.99 Å². The van der Waals surface area contributed by atoms with Gasteiger partial charge in [-0.1, -0.05) is 18.6 Å². The molecule has 152 valence electrons. The summed E-state index contributed by atoms with van der Waals surface area (Å²) < 4.78 is 10.7. The highest BCUT2D eigenvalue weighted by atomic mass is 16.5. The number of rotatable bonds is 8. The molecule has 0 aliphatic carbocycles. The molecule has 1 fully saturated rings. The molecule has 1 atom stereocenters. The minimum atomic E-state index is 0.315. The fraction of sp³-hybridized carbons (Fsp3) is 0.500. The number of guanidine groups is 1. The van der Waals surface area contributed by atoms with E-state index in [4.69, 9.17) is 9.15 Å². The van der Waals surface area contributed by atoms with Crippen LogP contribution in [0.1, 0.15) is 36.6 Å². The summed E-state index contributed by atoms with van der Waals surface area (Å²) in [6.07, 6.45) is 6.41. The summed E-state index contributed by atoms with van der Waals surface area (Å²) >= 11 is 0. The number of furan rings is 1. The molecule has 0 radical (unpaired) electrons. The van der Waals surface area contributed by atoms with Crippen LogP contribution in [0, 0.1) is 0 Å². The first kappa shape index (κ1) is 20.3. The van der Waals surface area contributed by atoms with Gasteiger partial charge in [-0.3, -0.25) is 9.89 Å². The van der Waals surface area contributed by atoms with Crippen LogP contribution in [0.5, 0.6) is 5.75 Å². The summed E-state index contributed by atoms with van der Waals surface area (Å²) in [5, 5.41) is 6.89. The number of aliphatic imine (C=N–C) groups is 1. The first-order valence-electron chi connectivity index (χ1n) is 10.1. The molecule has 1 aliphatic heterocycles. The maximum atomic E-state index is 5.39. The largest absolute Gasteiger partial charge is 0.497 e. The number of benzene rings is 1. The molecule has 2 heterocycles. The van der Waals surface area contributed by atoms with Gasteiger partial charge >= 0.3 is 0 Å². The molecule has 0 bridgehead atoms. The van der Waals surface area contributed by atoms with Crippen LogP contribution in [-0.4, -0.2) is 51.2 Å².